The van der Waals surface area contributed by atoms with E-state index in [1.54, 1.807) is 25.1 Å². The second-order valence-corrected chi connectivity index (χ2v) is 5.05. The van der Waals surface area contributed by atoms with Gasteiger partial charge in [-0.1, -0.05) is 0 Å². The molecule has 5 nitrogen and oxygen atoms in total. The average molecular weight is 334 g/mol. The third-order valence-electron chi connectivity index (χ3n) is 3.26. The zero-order chi connectivity index (χ0) is 17.6. The van der Waals surface area contributed by atoms with Gasteiger partial charge >= 0.3 is 6.18 Å². The minimum atomic E-state index is -4.43. The highest BCUT2D eigenvalue weighted by Crippen LogP contribution is 2.29. The maximum Gasteiger partial charge on any atom is 0.405 e. The molecule has 2 atom stereocenters. The van der Waals surface area contributed by atoms with Crippen LogP contribution in [0, 0.1) is 0 Å². The second-order valence-electron chi connectivity index (χ2n) is 5.05. The molecule has 1 amide bonds. The van der Waals surface area contributed by atoms with Gasteiger partial charge in [0.05, 0.1) is 20.3 Å². The van der Waals surface area contributed by atoms with Gasteiger partial charge in [-0.3, -0.25) is 10.1 Å². The van der Waals surface area contributed by atoms with Crippen molar-refractivity contribution in [2.75, 3.05) is 20.8 Å². The van der Waals surface area contributed by atoms with Crippen molar-refractivity contribution in [3.8, 4) is 11.5 Å². The topological polar surface area (TPSA) is 59.6 Å². The second kappa shape index (κ2) is 8.05. The van der Waals surface area contributed by atoms with E-state index in [0.717, 1.165) is 5.56 Å². The molecule has 2 N–H and O–H groups in total. The number of hydrogen-bond acceptors (Lipinski definition) is 4. The predicted octanol–water partition coefficient (Wildman–Crippen LogP) is 2.42. The Bertz CT molecular complexity index is 535. The normalized spacial score (nSPS) is 14.0. The van der Waals surface area contributed by atoms with Crippen LogP contribution in [-0.2, 0) is 4.79 Å². The number of alkyl halides is 3. The molecule has 0 bridgehead atoms. The summed E-state index contributed by atoms with van der Waals surface area (Å²) in [5.41, 5.74) is 0.738. The lowest BCUT2D eigenvalue weighted by molar-refractivity contribution is -0.139. The average Bonchev–Trinajstić information content (AvgIpc) is 2.50. The molecule has 0 aromatic heterocycles. The van der Waals surface area contributed by atoms with Crippen LogP contribution in [0.4, 0.5) is 13.2 Å². The van der Waals surface area contributed by atoms with Crippen molar-refractivity contribution in [1.29, 1.82) is 0 Å². The van der Waals surface area contributed by atoms with Gasteiger partial charge in [0.2, 0.25) is 5.91 Å². The summed E-state index contributed by atoms with van der Waals surface area (Å²) < 4.78 is 46.8. The maximum absolute atomic E-state index is 12.1. The number of benzene rings is 1. The van der Waals surface area contributed by atoms with Gasteiger partial charge in [-0.25, -0.2) is 0 Å². The number of methoxy groups -OCH3 is 2. The number of halogens is 3. The molecule has 0 heterocycles. The first-order chi connectivity index (χ1) is 10.7. The number of hydrogen-bond donors (Lipinski definition) is 2. The van der Waals surface area contributed by atoms with E-state index in [4.69, 9.17) is 9.47 Å². The molecule has 0 spiro atoms. The van der Waals surface area contributed by atoms with E-state index in [0.29, 0.717) is 11.5 Å². The van der Waals surface area contributed by atoms with Crippen molar-refractivity contribution < 1.29 is 27.4 Å². The maximum atomic E-state index is 12.1. The predicted molar refractivity (Wildman–Crippen MR) is 79.6 cm³/mol. The Kier molecular flexibility index (Phi) is 6.68. The highest BCUT2D eigenvalue weighted by molar-refractivity contribution is 5.81. The summed E-state index contributed by atoms with van der Waals surface area (Å²) in [5, 5.41) is 4.79. The molecule has 2 unspecified atom stereocenters. The molecule has 23 heavy (non-hydrogen) atoms. The number of carbonyl (C=O) groups excluding carboxylic acids is 1. The molecule has 8 heteroatoms. The molecule has 0 aliphatic rings. The first-order valence-corrected chi connectivity index (χ1v) is 7.00. The lowest BCUT2D eigenvalue weighted by atomic mass is 10.1. The molecule has 1 aromatic carbocycles. The first-order valence-electron chi connectivity index (χ1n) is 7.00. The SMILES string of the molecule is COc1ccc(OC)c(C(C)NC(C)C(=O)NCC(F)(F)F)c1. The van der Waals surface area contributed by atoms with E-state index in [9.17, 15) is 18.0 Å². The van der Waals surface area contributed by atoms with Gasteiger partial charge in [0.15, 0.2) is 0 Å². The van der Waals surface area contributed by atoms with Gasteiger partial charge in [0, 0.05) is 11.6 Å². The summed E-state index contributed by atoms with van der Waals surface area (Å²) in [5.74, 6) is 0.480. The summed E-state index contributed by atoms with van der Waals surface area (Å²) in [6.45, 7) is 1.93. The fourth-order valence-corrected chi connectivity index (χ4v) is 2.06. The third-order valence-corrected chi connectivity index (χ3v) is 3.26. The Morgan fingerprint density at radius 2 is 1.87 bits per heavy atom. The van der Waals surface area contributed by atoms with Crippen LogP contribution in [0.2, 0.25) is 0 Å². The fraction of sp³-hybridized carbons (Fsp3) is 0.533. The van der Waals surface area contributed by atoms with Crippen LogP contribution in [0.1, 0.15) is 25.5 Å². The van der Waals surface area contributed by atoms with Gasteiger partial charge in [-0.2, -0.15) is 13.2 Å². The Morgan fingerprint density at radius 3 is 2.39 bits per heavy atom. The molecule has 0 radical (unpaired) electrons. The van der Waals surface area contributed by atoms with Crippen LogP contribution in [0.15, 0.2) is 18.2 Å². The quantitative estimate of drug-likeness (QED) is 0.804. The highest BCUT2D eigenvalue weighted by Gasteiger charge is 2.29. The standard InChI is InChI=1S/C15H21F3N2O3/c1-9(12-7-11(22-3)5-6-13(12)23-4)20-10(2)14(21)19-8-15(16,17)18/h5-7,9-10,20H,8H2,1-4H3,(H,19,21). The summed E-state index contributed by atoms with van der Waals surface area (Å²) in [7, 11) is 3.04. The lowest BCUT2D eigenvalue weighted by Gasteiger charge is -2.22. The summed E-state index contributed by atoms with van der Waals surface area (Å²) in [6, 6.07) is 4.07. The van der Waals surface area contributed by atoms with E-state index < -0.39 is 24.7 Å². The van der Waals surface area contributed by atoms with Gasteiger partial charge in [0.1, 0.15) is 18.0 Å². The monoisotopic (exact) mass is 334 g/mol. The van der Waals surface area contributed by atoms with Crippen molar-refractivity contribution in [3.05, 3.63) is 23.8 Å². The molecular formula is C15H21F3N2O3. The minimum absolute atomic E-state index is 0.327. The van der Waals surface area contributed by atoms with Crippen molar-refractivity contribution >= 4 is 5.91 Å². The molecular weight excluding hydrogens is 313 g/mol. The largest absolute Gasteiger partial charge is 0.497 e. The van der Waals surface area contributed by atoms with Crippen LogP contribution in [0.5, 0.6) is 11.5 Å². The molecule has 1 aromatic rings. The Labute approximate surface area is 133 Å². The van der Waals surface area contributed by atoms with Gasteiger partial charge < -0.3 is 14.8 Å². The number of carbonyl (C=O) groups is 1. The van der Waals surface area contributed by atoms with Crippen LogP contribution in [0.25, 0.3) is 0 Å². The Morgan fingerprint density at radius 1 is 1.22 bits per heavy atom. The zero-order valence-corrected chi connectivity index (χ0v) is 13.5. The molecule has 0 saturated carbocycles. The van der Waals surface area contributed by atoms with Crippen LogP contribution in [0.3, 0.4) is 0 Å². The van der Waals surface area contributed by atoms with Crippen molar-refractivity contribution in [2.24, 2.45) is 0 Å². The van der Waals surface area contributed by atoms with Crippen LogP contribution >= 0.6 is 0 Å². The van der Waals surface area contributed by atoms with E-state index >= 15 is 0 Å². The summed E-state index contributed by atoms with van der Waals surface area (Å²) in [4.78, 5) is 11.7. The smallest absolute Gasteiger partial charge is 0.405 e. The number of nitrogens with one attached hydrogen (secondary N) is 2. The van der Waals surface area contributed by atoms with Gasteiger partial charge in [0.25, 0.3) is 0 Å². The molecule has 130 valence electrons. The van der Waals surface area contributed by atoms with Crippen LogP contribution < -0.4 is 20.1 Å². The molecule has 0 fully saturated rings. The van der Waals surface area contributed by atoms with Gasteiger partial charge in [-0.15, -0.1) is 0 Å². The third kappa shape index (κ3) is 5.97. The number of rotatable bonds is 7. The number of amides is 1. The Hall–Kier alpha value is -1.96. The summed E-state index contributed by atoms with van der Waals surface area (Å²) in [6.07, 6.45) is -4.43. The molecule has 0 aliphatic heterocycles. The Balaban J connectivity index is 2.74. The fourth-order valence-electron chi connectivity index (χ4n) is 2.06. The van der Waals surface area contributed by atoms with Crippen LogP contribution in [-0.4, -0.2) is 38.9 Å². The molecule has 1 rings (SSSR count). The van der Waals surface area contributed by atoms with Crippen molar-refractivity contribution in [3.63, 3.8) is 0 Å². The van der Waals surface area contributed by atoms with E-state index in [1.165, 1.54) is 21.1 Å². The van der Waals surface area contributed by atoms with Crippen molar-refractivity contribution in [2.45, 2.75) is 32.1 Å². The highest BCUT2D eigenvalue weighted by atomic mass is 19.4. The molecule has 0 aliphatic carbocycles. The van der Waals surface area contributed by atoms with E-state index in [-0.39, 0.29) is 6.04 Å². The lowest BCUT2D eigenvalue weighted by Crippen LogP contribution is -2.45. The zero-order valence-electron chi connectivity index (χ0n) is 13.5. The molecule has 0 saturated heterocycles. The van der Waals surface area contributed by atoms with E-state index in [1.807, 2.05) is 5.32 Å². The minimum Gasteiger partial charge on any atom is -0.497 e. The van der Waals surface area contributed by atoms with Gasteiger partial charge in [-0.05, 0) is 32.0 Å². The first kappa shape index (κ1) is 19.1. The summed E-state index contributed by atoms with van der Waals surface area (Å²) >= 11 is 0. The van der Waals surface area contributed by atoms with E-state index in [2.05, 4.69) is 5.32 Å². The number of ether oxygens (including phenoxy) is 2. The van der Waals surface area contributed by atoms with Crippen molar-refractivity contribution in [1.82, 2.24) is 10.6 Å².